The van der Waals surface area contributed by atoms with E-state index >= 15 is 0 Å². The summed E-state index contributed by atoms with van der Waals surface area (Å²) in [5.74, 6) is 0. The Balaban J connectivity index is 2.44. The van der Waals surface area contributed by atoms with Crippen molar-refractivity contribution in [1.82, 2.24) is 4.72 Å². The first kappa shape index (κ1) is 17.5. The summed E-state index contributed by atoms with van der Waals surface area (Å²) in [7, 11) is -1.88. The van der Waals surface area contributed by atoms with Gasteiger partial charge in [0.25, 0.3) is 0 Å². The highest BCUT2D eigenvalue weighted by molar-refractivity contribution is 7.89. The molecule has 116 valence electrons. The lowest BCUT2D eigenvalue weighted by Gasteiger charge is -2.08. The van der Waals surface area contributed by atoms with E-state index in [0.29, 0.717) is 42.6 Å². The molecule has 0 atom stereocenters. The molecule has 20 heavy (non-hydrogen) atoms. The van der Waals surface area contributed by atoms with E-state index in [2.05, 4.69) is 4.72 Å². The van der Waals surface area contributed by atoms with E-state index in [1.165, 1.54) is 11.3 Å². The maximum absolute atomic E-state index is 12.2. The summed E-state index contributed by atoms with van der Waals surface area (Å²) in [6.45, 7) is 3.91. The third kappa shape index (κ3) is 5.12. The Morgan fingerprint density at radius 1 is 1.35 bits per heavy atom. The van der Waals surface area contributed by atoms with Gasteiger partial charge in [-0.3, -0.25) is 0 Å². The minimum atomic E-state index is -3.49. The highest BCUT2D eigenvalue weighted by atomic mass is 32.2. The van der Waals surface area contributed by atoms with Crippen molar-refractivity contribution in [3.05, 3.63) is 15.8 Å². The number of hydrogen-bond acceptors (Lipinski definition) is 6. The average molecular weight is 322 g/mol. The number of methoxy groups -OCH3 is 1. The molecule has 1 rings (SSSR count). The lowest BCUT2D eigenvalue weighted by molar-refractivity contribution is 0.0699. The summed E-state index contributed by atoms with van der Waals surface area (Å²) in [6.07, 6.45) is 0.615. The molecule has 0 amide bonds. The van der Waals surface area contributed by atoms with Crippen LogP contribution in [0.4, 0.5) is 0 Å². The fraction of sp³-hybridized carbons (Fsp3) is 0.667. The van der Waals surface area contributed by atoms with Gasteiger partial charge in [-0.05, 0) is 24.3 Å². The molecule has 0 unspecified atom stereocenters. The second kappa shape index (κ2) is 8.71. The van der Waals surface area contributed by atoms with Crippen LogP contribution in [0.1, 0.15) is 16.9 Å². The molecule has 0 aliphatic carbocycles. The molecule has 0 fully saturated rings. The predicted molar refractivity (Wildman–Crippen MR) is 79.4 cm³/mol. The standard InChI is InChI=1S/C12H22N2O4S2/c1-10-9-19-11(8-13)12(10)20(15,16)14-4-3-5-18-7-6-17-2/h9,14H,3-8,13H2,1-2H3. The first-order chi connectivity index (χ1) is 9.53. The zero-order valence-electron chi connectivity index (χ0n) is 11.8. The molecule has 6 nitrogen and oxygen atoms in total. The van der Waals surface area contributed by atoms with Crippen LogP contribution in [0, 0.1) is 6.92 Å². The SMILES string of the molecule is COCCOCCCNS(=O)(=O)c1c(C)csc1CN. The fourth-order valence-electron chi connectivity index (χ4n) is 1.69. The molecule has 0 aliphatic rings. The van der Waals surface area contributed by atoms with Crippen molar-refractivity contribution in [3.8, 4) is 0 Å². The van der Waals surface area contributed by atoms with Crippen LogP contribution in [-0.2, 0) is 26.0 Å². The Labute approximate surface area is 124 Å². The number of nitrogens with one attached hydrogen (secondary N) is 1. The third-order valence-corrected chi connectivity index (χ3v) is 5.58. The van der Waals surface area contributed by atoms with Crippen molar-refractivity contribution in [1.29, 1.82) is 0 Å². The molecule has 0 saturated heterocycles. The summed E-state index contributed by atoms with van der Waals surface area (Å²) >= 11 is 1.37. The maximum Gasteiger partial charge on any atom is 0.241 e. The van der Waals surface area contributed by atoms with Crippen LogP contribution in [0.2, 0.25) is 0 Å². The van der Waals surface area contributed by atoms with Gasteiger partial charge >= 0.3 is 0 Å². The Bertz CT molecular complexity index is 500. The van der Waals surface area contributed by atoms with E-state index in [0.717, 1.165) is 5.56 Å². The second-order valence-corrected chi connectivity index (χ2v) is 6.90. The molecular weight excluding hydrogens is 300 g/mol. The van der Waals surface area contributed by atoms with E-state index in [1.54, 1.807) is 14.0 Å². The van der Waals surface area contributed by atoms with Crippen LogP contribution in [-0.4, -0.2) is 41.9 Å². The highest BCUT2D eigenvalue weighted by Gasteiger charge is 2.21. The van der Waals surface area contributed by atoms with Crippen molar-refractivity contribution >= 4 is 21.4 Å². The van der Waals surface area contributed by atoms with Crippen molar-refractivity contribution in [2.75, 3.05) is 33.5 Å². The predicted octanol–water partition coefficient (Wildman–Crippen LogP) is 0.847. The normalized spacial score (nSPS) is 11.9. The summed E-state index contributed by atoms with van der Waals surface area (Å²) < 4.78 is 37.1. The van der Waals surface area contributed by atoms with Gasteiger partial charge in [0.2, 0.25) is 10.0 Å². The third-order valence-electron chi connectivity index (χ3n) is 2.63. The number of hydrogen-bond donors (Lipinski definition) is 2. The Kier molecular flexibility index (Phi) is 7.63. The molecule has 0 aromatic carbocycles. The smallest absolute Gasteiger partial charge is 0.241 e. The Morgan fingerprint density at radius 2 is 2.10 bits per heavy atom. The first-order valence-electron chi connectivity index (χ1n) is 6.36. The summed E-state index contributed by atoms with van der Waals surface area (Å²) in [4.78, 5) is 1.01. The van der Waals surface area contributed by atoms with E-state index < -0.39 is 10.0 Å². The van der Waals surface area contributed by atoms with Gasteiger partial charge in [-0.2, -0.15) is 0 Å². The van der Waals surface area contributed by atoms with Crippen LogP contribution in [0.15, 0.2) is 10.3 Å². The van der Waals surface area contributed by atoms with E-state index in [9.17, 15) is 8.42 Å². The summed E-state index contributed by atoms with van der Waals surface area (Å²) in [5.41, 5.74) is 6.31. The van der Waals surface area contributed by atoms with Gasteiger partial charge in [0.05, 0.1) is 13.2 Å². The van der Waals surface area contributed by atoms with Gasteiger partial charge in [-0.25, -0.2) is 13.1 Å². The van der Waals surface area contributed by atoms with Gasteiger partial charge in [-0.1, -0.05) is 0 Å². The van der Waals surface area contributed by atoms with Gasteiger partial charge in [-0.15, -0.1) is 11.3 Å². The minimum absolute atomic E-state index is 0.231. The van der Waals surface area contributed by atoms with E-state index in [-0.39, 0.29) is 6.54 Å². The van der Waals surface area contributed by atoms with Crippen molar-refractivity contribution in [2.45, 2.75) is 24.8 Å². The molecule has 0 radical (unpaired) electrons. The van der Waals surface area contributed by atoms with E-state index in [4.69, 9.17) is 15.2 Å². The van der Waals surface area contributed by atoms with Gasteiger partial charge in [0.15, 0.2) is 0 Å². The molecule has 0 aliphatic heterocycles. The molecule has 0 saturated carbocycles. The molecular formula is C12H22N2O4S2. The largest absolute Gasteiger partial charge is 0.382 e. The monoisotopic (exact) mass is 322 g/mol. The zero-order chi connectivity index (χ0) is 15.0. The molecule has 8 heteroatoms. The molecule has 0 spiro atoms. The van der Waals surface area contributed by atoms with Gasteiger partial charge in [0.1, 0.15) is 4.90 Å². The zero-order valence-corrected chi connectivity index (χ0v) is 13.5. The molecule has 1 aromatic rings. The van der Waals surface area contributed by atoms with Crippen molar-refractivity contribution < 1.29 is 17.9 Å². The van der Waals surface area contributed by atoms with Crippen LogP contribution in [0.3, 0.4) is 0 Å². The topological polar surface area (TPSA) is 90.6 Å². The second-order valence-electron chi connectivity index (χ2n) is 4.23. The van der Waals surface area contributed by atoms with Crippen molar-refractivity contribution in [3.63, 3.8) is 0 Å². The lowest BCUT2D eigenvalue weighted by atomic mass is 10.3. The lowest BCUT2D eigenvalue weighted by Crippen LogP contribution is -2.27. The molecule has 0 bridgehead atoms. The summed E-state index contributed by atoms with van der Waals surface area (Å²) in [5, 5.41) is 1.81. The number of aryl methyl sites for hydroxylation is 1. The quantitative estimate of drug-likeness (QED) is 0.623. The number of sulfonamides is 1. The molecule has 1 heterocycles. The van der Waals surface area contributed by atoms with Gasteiger partial charge in [0, 0.05) is 31.7 Å². The van der Waals surface area contributed by atoms with Crippen LogP contribution < -0.4 is 10.5 Å². The van der Waals surface area contributed by atoms with Crippen LogP contribution in [0.5, 0.6) is 0 Å². The number of nitrogens with two attached hydrogens (primary N) is 1. The number of ether oxygens (including phenoxy) is 2. The highest BCUT2D eigenvalue weighted by Crippen LogP contribution is 2.26. The summed E-state index contributed by atoms with van der Waals surface area (Å²) in [6, 6.07) is 0. The van der Waals surface area contributed by atoms with Crippen molar-refractivity contribution in [2.24, 2.45) is 5.73 Å². The fourth-order valence-corrected chi connectivity index (χ4v) is 4.46. The Morgan fingerprint density at radius 3 is 2.75 bits per heavy atom. The molecule has 1 aromatic heterocycles. The van der Waals surface area contributed by atoms with Crippen LogP contribution in [0.25, 0.3) is 0 Å². The van der Waals surface area contributed by atoms with Gasteiger partial charge < -0.3 is 15.2 Å². The van der Waals surface area contributed by atoms with E-state index in [1.807, 2.05) is 5.38 Å². The Hall–Kier alpha value is -0.510. The number of rotatable bonds is 10. The molecule has 3 N–H and O–H groups in total. The maximum atomic E-state index is 12.2. The minimum Gasteiger partial charge on any atom is -0.382 e. The first-order valence-corrected chi connectivity index (χ1v) is 8.72. The number of thiophene rings is 1. The van der Waals surface area contributed by atoms with Crippen LogP contribution >= 0.6 is 11.3 Å². The average Bonchev–Trinajstić information content (AvgIpc) is 2.79.